The summed E-state index contributed by atoms with van der Waals surface area (Å²) in [6.07, 6.45) is 0.515. The molecule has 0 amide bonds. The number of halogens is 1. The summed E-state index contributed by atoms with van der Waals surface area (Å²) in [5.41, 5.74) is 2.09. The first-order valence-corrected chi connectivity index (χ1v) is 10.4. The van der Waals surface area contributed by atoms with E-state index in [0.29, 0.717) is 17.9 Å². The topological polar surface area (TPSA) is 62.8 Å². The summed E-state index contributed by atoms with van der Waals surface area (Å²) in [4.78, 5) is 18.2. The van der Waals surface area contributed by atoms with Gasteiger partial charge < -0.3 is 9.52 Å². The summed E-state index contributed by atoms with van der Waals surface area (Å²) in [6.45, 7) is 1.64. The zero-order valence-electron chi connectivity index (χ0n) is 14.5. The van der Waals surface area contributed by atoms with Gasteiger partial charge in [-0.1, -0.05) is 24.3 Å². The summed E-state index contributed by atoms with van der Waals surface area (Å²) in [5.74, 6) is 0.285. The fourth-order valence-electron chi connectivity index (χ4n) is 3.12. The van der Waals surface area contributed by atoms with Gasteiger partial charge in [-0.25, -0.2) is 4.79 Å². The van der Waals surface area contributed by atoms with E-state index in [9.17, 15) is 9.90 Å². The number of hydrogen-bond donors (Lipinski definition) is 1. The van der Waals surface area contributed by atoms with Gasteiger partial charge in [0.2, 0.25) is 0 Å². The van der Waals surface area contributed by atoms with Crippen LogP contribution in [0.4, 0.5) is 5.69 Å². The average molecular weight is 489 g/mol. The Morgan fingerprint density at radius 3 is 2.78 bits per heavy atom. The van der Waals surface area contributed by atoms with E-state index in [-0.39, 0.29) is 16.6 Å². The van der Waals surface area contributed by atoms with Gasteiger partial charge in [0.25, 0.3) is 0 Å². The van der Waals surface area contributed by atoms with Gasteiger partial charge in [0.05, 0.1) is 11.4 Å². The standard InChI is InChI=1S/C21H16INO3S/c1-12-9-17(24)20(21(25)26-12)16-11-19(13-5-4-6-14(22)10-13)27-18-8-3-2-7-15(18)23-16/h2-10,19,24H,11H2,1H3/t19-/m0/s1. The molecule has 1 aromatic heterocycles. The molecule has 3 aromatic rings. The minimum absolute atomic E-state index is 0.0715. The quantitative estimate of drug-likeness (QED) is 0.475. The van der Waals surface area contributed by atoms with E-state index in [0.717, 1.165) is 19.7 Å². The number of para-hydroxylation sites is 1. The van der Waals surface area contributed by atoms with Crippen LogP contribution in [0, 0.1) is 10.5 Å². The summed E-state index contributed by atoms with van der Waals surface area (Å²) in [6, 6.07) is 17.6. The lowest BCUT2D eigenvalue weighted by Gasteiger charge is -2.16. The third kappa shape index (κ3) is 3.82. The fourth-order valence-corrected chi connectivity index (χ4v) is 4.91. The molecule has 27 heavy (non-hydrogen) atoms. The van der Waals surface area contributed by atoms with Crippen molar-refractivity contribution in [2.45, 2.75) is 23.5 Å². The molecule has 0 saturated heterocycles. The molecule has 4 nitrogen and oxygen atoms in total. The maximum Gasteiger partial charge on any atom is 0.348 e. The number of hydrogen-bond acceptors (Lipinski definition) is 5. The van der Waals surface area contributed by atoms with Crippen LogP contribution in [0.3, 0.4) is 0 Å². The monoisotopic (exact) mass is 489 g/mol. The van der Waals surface area contributed by atoms with Crippen molar-refractivity contribution in [1.82, 2.24) is 0 Å². The molecule has 1 atom stereocenters. The number of aromatic hydroxyl groups is 1. The van der Waals surface area contributed by atoms with Crippen LogP contribution in [0.2, 0.25) is 0 Å². The Labute approximate surface area is 174 Å². The predicted octanol–water partition coefficient (Wildman–Crippen LogP) is 5.62. The minimum atomic E-state index is -0.558. The summed E-state index contributed by atoms with van der Waals surface area (Å²) < 4.78 is 6.38. The van der Waals surface area contributed by atoms with E-state index in [1.165, 1.54) is 6.07 Å². The highest BCUT2D eigenvalue weighted by Crippen LogP contribution is 2.45. The van der Waals surface area contributed by atoms with Crippen LogP contribution >= 0.6 is 34.4 Å². The first kappa shape index (κ1) is 18.3. The summed E-state index contributed by atoms with van der Waals surface area (Å²) >= 11 is 4.02. The molecule has 0 spiro atoms. The van der Waals surface area contributed by atoms with Crippen molar-refractivity contribution in [2.24, 2.45) is 4.99 Å². The van der Waals surface area contributed by atoms with Gasteiger partial charge in [-0.2, -0.15) is 0 Å². The SMILES string of the molecule is Cc1cc(O)c(C2=Nc3ccccc3S[C@H](c3cccc(I)c3)C2)c(=O)o1. The number of fused-ring (bicyclic) bond motifs is 1. The predicted molar refractivity (Wildman–Crippen MR) is 116 cm³/mol. The first-order valence-electron chi connectivity index (χ1n) is 8.44. The van der Waals surface area contributed by atoms with Crippen molar-refractivity contribution in [3.63, 3.8) is 0 Å². The second-order valence-corrected chi connectivity index (χ2v) is 8.79. The molecular weight excluding hydrogens is 473 g/mol. The number of aryl methyl sites for hydroxylation is 1. The Morgan fingerprint density at radius 2 is 2.00 bits per heavy atom. The molecule has 1 aliphatic heterocycles. The summed E-state index contributed by atoms with van der Waals surface area (Å²) in [5, 5.41) is 10.5. The van der Waals surface area contributed by atoms with E-state index in [1.807, 2.05) is 30.3 Å². The Morgan fingerprint density at radius 1 is 1.19 bits per heavy atom. The smallest absolute Gasteiger partial charge is 0.348 e. The highest BCUT2D eigenvalue weighted by Gasteiger charge is 2.26. The third-order valence-corrected chi connectivity index (χ3v) is 6.33. The van der Waals surface area contributed by atoms with Crippen molar-refractivity contribution in [2.75, 3.05) is 0 Å². The first-order chi connectivity index (χ1) is 13.0. The maximum absolute atomic E-state index is 12.5. The van der Waals surface area contributed by atoms with Crippen molar-refractivity contribution < 1.29 is 9.52 Å². The molecule has 4 rings (SSSR count). The normalized spacial score (nSPS) is 16.4. The molecule has 6 heteroatoms. The molecule has 136 valence electrons. The highest BCUT2D eigenvalue weighted by atomic mass is 127. The van der Waals surface area contributed by atoms with Crippen LogP contribution in [-0.2, 0) is 0 Å². The summed E-state index contributed by atoms with van der Waals surface area (Å²) in [7, 11) is 0. The van der Waals surface area contributed by atoms with E-state index >= 15 is 0 Å². The van der Waals surface area contributed by atoms with E-state index < -0.39 is 5.63 Å². The molecule has 0 bridgehead atoms. The molecule has 1 aliphatic rings. The van der Waals surface area contributed by atoms with Gasteiger partial charge in [0.15, 0.2) is 0 Å². The largest absolute Gasteiger partial charge is 0.507 e. The Hall–Kier alpha value is -2.06. The number of rotatable bonds is 2. The van der Waals surface area contributed by atoms with Gasteiger partial charge in [-0.15, -0.1) is 11.8 Å². The lowest BCUT2D eigenvalue weighted by Crippen LogP contribution is -2.17. The van der Waals surface area contributed by atoms with E-state index in [4.69, 9.17) is 9.41 Å². The van der Waals surface area contributed by atoms with Crippen LogP contribution < -0.4 is 5.63 Å². The molecule has 0 fully saturated rings. The number of aliphatic imine (C=N–C) groups is 1. The second-order valence-electron chi connectivity index (χ2n) is 6.30. The molecule has 0 radical (unpaired) electrons. The van der Waals surface area contributed by atoms with Gasteiger partial charge in [-0.05, 0) is 59.3 Å². The van der Waals surface area contributed by atoms with E-state index in [1.54, 1.807) is 18.7 Å². The van der Waals surface area contributed by atoms with Crippen LogP contribution in [0.15, 0.2) is 73.7 Å². The average Bonchev–Trinajstić information content (AvgIpc) is 2.80. The number of nitrogens with zero attached hydrogens (tertiary/aromatic N) is 1. The molecule has 2 heterocycles. The fraction of sp³-hybridized carbons (Fsp3) is 0.143. The molecule has 2 aromatic carbocycles. The van der Waals surface area contributed by atoms with Crippen molar-refractivity contribution in [3.05, 3.63) is 85.5 Å². The highest BCUT2D eigenvalue weighted by molar-refractivity contribution is 14.1. The molecule has 0 saturated carbocycles. The zero-order chi connectivity index (χ0) is 19.0. The van der Waals surface area contributed by atoms with Crippen molar-refractivity contribution in [3.8, 4) is 5.75 Å². The van der Waals surface area contributed by atoms with Crippen LogP contribution in [0.5, 0.6) is 5.75 Å². The van der Waals surface area contributed by atoms with Gasteiger partial charge in [-0.3, -0.25) is 4.99 Å². The number of benzene rings is 2. The molecule has 0 unspecified atom stereocenters. The Bertz CT molecular complexity index is 1110. The van der Waals surface area contributed by atoms with Gasteiger partial charge in [0, 0.05) is 26.2 Å². The third-order valence-electron chi connectivity index (χ3n) is 4.33. The maximum atomic E-state index is 12.5. The Kier molecular flexibility index (Phi) is 5.10. The van der Waals surface area contributed by atoms with Crippen molar-refractivity contribution in [1.29, 1.82) is 0 Å². The van der Waals surface area contributed by atoms with Crippen molar-refractivity contribution >= 4 is 45.8 Å². The lowest BCUT2D eigenvalue weighted by molar-refractivity contribution is 0.432. The van der Waals surface area contributed by atoms with Crippen LogP contribution in [0.1, 0.15) is 28.6 Å². The van der Waals surface area contributed by atoms with Gasteiger partial charge >= 0.3 is 5.63 Å². The molecule has 1 N–H and O–H groups in total. The van der Waals surface area contributed by atoms with E-state index in [2.05, 4.69) is 40.8 Å². The molecule has 0 aliphatic carbocycles. The van der Waals surface area contributed by atoms with Crippen LogP contribution in [-0.4, -0.2) is 10.8 Å². The Balaban J connectivity index is 1.88. The zero-order valence-corrected chi connectivity index (χ0v) is 17.5. The van der Waals surface area contributed by atoms with Gasteiger partial charge in [0.1, 0.15) is 17.1 Å². The van der Waals surface area contributed by atoms with Crippen LogP contribution in [0.25, 0.3) is 0 Å². The lowest BCUT2D eigenvalue weighted by atomic mass is 10.0. The molecular formula is C21H16INO3S. The minimum Gasteiger partial charge on any atom is -0.507 e. The second kappa shape index (κ2) is 7.52. The number of thioether (sulfide) groups is 1.